The van der Waals surface area contributed by atoms with Gasteiger partial charge in [-0.1, -0.05) is 30.3 Å². The van der Waals surface area contributed by atoms with Crippen LogP contribution >= 0.6 is 0 Å². The summed E-state index contributed by atoms with van der Waals surface area (Å²) in [5.74, 6) is 1.64. The fraction of sp³-hybridized carbons (Fsp3) is 0.708. The monoisotopic (exact) mass is 430 g/mol. The van der Waals surface area contributed by atoms with Crippen LogP contribution in [0, 0.1) is 5.92 Å². The van der Waals surface area contributed by atoms with E-state index in [9.17, 15) is 0 Å². The van der Waals surface area contributed by atoms with Crippen molar-refractivity contribution in [3.05, 3.63) is 35.9 Å². The van der Waals surface area contributed by atoms with Gasteiger partial charge in [-0.2, -0.15) is 0 Å². The third kappa shape index (κ3) is 6.42. The van der Waals surface area contributed by atoms with Crippen molar-refractivity contribution in [2.24, 2.45) is 10.9 Å². The molecule has 2 unspecified atom stereocenters. The predicted octanol–water partition coefficient (Wildman–Crippen LogP) is 1.98. The molecular formula is C24H38N4O3. The molecule has 0 aromatic heterocycles. The summed E-state index contributed by atoms with van der Waals surface area (Å²) in [5.41, 5.74) is 1.37. The standard InChI is InChI=1S/C24H38N4O3/c1-25-24(26-10-5-12-30-19-21-8-13-29-14-9-21)28-17-22-23(18-28)31-15-11-27(22)16-20-6-3-2-4-7-20/h2-4,6-7,21-23H,5,8-19H2,1H3,(H,25,26). The summed E-state index contributed by atoms with van der Waals surface area (Å²) in [6.07, 6.45) is 3.50. The van der Waals surface area contributed by atoms with Crippen molar-refractivity contribution in [2.45, 2.75) is 38.0 Å². The molecule has 3 aliphatic rings. The fourth-order valence-corrected chi connectivity index (χ4v) is 4.82. The number of fused-ring (bicyclic) bond motifs is 1. The molecular weight excluding hydrogens is 392 g/mol. The lowest BCUT2D eigenvalue weighted by atomic mass is 10.0. The van der Waals surface area contributed by atoms with Crippen molar-refractivity contribution in [1.82, 2.24) is 15.1 Å². The Bertz CT molecular complexity index is 681. The number of aliphatic imine (C=N–C) groups is 1. The average molecular weight is 431 g/mol. The lowest BCUT2D eigenvalue weighted by Crippen LogP contribution is -2.50. The number of hydrogen-bond donors (Lipinski definition) is 1. The maximum absolute atomic E-state index is 6.11. The van der Waals surface area contributed by atoms with Gasteiger partial charge in [0.1, 0.15) is 0 Å². The smallest absolute Gasteiger partial charge is 0.193 e. The Labute approximate surface area is 186 Å². The van der Waals surface area contributed by atoms with Crippen LogP contribution in [-0.2, 0) is 20.8 Å². The maximum atomic E-state index is 6.11. The predicted molar refractivity (Wildman–Crippen MR) is 122 cm³/mol. The van der Waals surface area contributed by atoms with Crippen LogP contribution in [0.1, 0.15) is 24.8 Å². The second-order valence-corrected chi connectivity index (χ2v) is 8.80. The Morgan fingerprint density at radius 1 is 1.16 bits per heavy atom. The third-order valence-corrected chi connectivity index (χ3v) is 6.60. The highest BCUT2D eigenvalue weighted by atomic mass is 16.5. The number of morpholine rings is 1. The Hall–Kier alpha value is -1.67. The van der Waals surface area contributed by atoms with Gasteiger partial charge in [-0.3, -0.25) is 9.89 Å². The van der Waals surface area contributed by atoms with E-state index in [1.54, 1.807) is 0 Å². The highest BCUT2D eigenvalue weighted by molar-refractivity contribution is 5.80. The topological polar surface area (TPSA) is 58.6 Å². The van der Waals surface area contributed by atoms with Gasteiger partial charge in [0.15, 0.2) is 5.96 Å². The molecule has 0 saturated carbocycles. The van der Waals surface area contributed by atoms with Gasteiger partial charge in [0.05, 0.1) is 18.8 Å². The summed E-state index contributed by atoms with van der Waals surface area (Å²) in [7, 11) is 1.87. The molecule has 0 aliphatic carbocycles. The van der Waals surface area contributed by atoms with Gasteiger partial charge in [-0.15, -0.1) is 0 Å². The summed E-state index contributed by atoms with van der Waals surface area (Å²) in [4.78, 5) is 9.45. The van der Waals surface area contributed by atoms with Crippen LogP contribution in [0.5, 0.6) is 0 Å². The van der Waals surface area contributed by atoms with Gasteiger partial charge < -0.3 is 24.4 Å². The van der Waals surface area contributed by atoms with Crippen molar-refractivity contribution >= 4 is 5.96 Å². The summed E-state index contributed by atoms with van der Waals surface area (Å²) >= 11 is 0. The van der Waals surface area contributed by atoms with Gasteiger partial charge in [-0.25, -0.2) is 0 Å². The largest absolute Gasteiger partial charge is 0.381 e. The molecule has 0 radical (unpaired) electrons. The molecule has 3 aliphatic heterocycles. The molecule has 2 atom stereocenters. The normalized spacial score (nSPS) is 25.6. The van der Waals surface area contributed by atoms with Crippen molar-refractivity contribution in [2.75, 3.05) is 66.3 Å². The highest BCUT2D eigenvalue weighted by Gasteiger charge is 2.41. The number of guanidine groups is 1. The third-order valence-electron chi connectivity index (χ3n) is 6.60. The molecule has 7 heteroatoms. The number of rotatable bonds is 8. The van der Waals surface area contributed by atoms with Crippen molar-refractivity contribution in [3.63, 3.8) is 0 Å². The van der Waals surface area contributed by atoms with Gasteiger partial charge >= 0.3 is 0 Å². The van der Waals surface area contributed by atoms with Gasteiger partial charge in [0.2, 0.25) is 0 Å². The number of likely N-dealkylation sites (tertiary alicyclic amines) is 1. The zero-order chi connectivity index (χ0) is 21.3. The zero-order valence-corrected chi connectivity index (χ0v) is 18.9. The molecule has 0 amide bonds. The molecule has 3 saturated heterocycles. The lowest BCUT2D eigenvalue weighted by Gasteiger charge is -2.36. The molecule has 7 nitrogen and oxygen atoms in total. The molecule has 1 N–H and O–H groups in total. The number of benzene rings is 1. The second kappa shape index (κ2) is 11.8. The van der Waals surface area contributed by atoms with Gasteiger partial charge in [0, 0.05) is 66.2 Å². The Kier molecular flexibility index (Phi) is 8.58. The first-order chi connectivity index (χ1) is 15.3. The quantitative estimate of drug-likeness (QED) is 0.387. The van der Waals surface area contributed by atoms with Gasteiger partial charge in [0.25, 0.3) is 0 Å². The molecule has 0 bridgehead atoms. The van der Waals surface area contributed by atoms with E-state index in [0.29, 0.717) is 12.0 Å². The summed E-state index contributed by atoms with van der Waals surface area (Å²) in [6.45, 7) is 8.93. The Morgan fingerprint density at radius 3 is 2.81 bits per heavy atom. The fourth-order valence-electron chi connectivity index (χ4n) is 4.82. The number of nitrogens with zero attached hydrogens (tertiary/aromatic N) is 3. The minimum Gasteiger partial charge on any atom is -0.381 e. The van der Waals surface area contributed by atoms with E-state index in [2.05, 4.69) is 50.4 Å². The first kappa shape index (κ1) is 22.5. The van der Waals surface area contributed by atoms with E-state index in [-0.39, 0.29) is 6.10 Å². The van der Waals surface area contributed by atoms with Crippen LogP contribution in [0.25, 0.3) is 0 Å². The van der Waals surface area contributed by atoms with Gasteiger partial charge in [-0.05, 0) is 30.7 Å². The molecule has 3 heterocycles. The molecule has 172 valence electrons. The first-order valence-corrected chi connectivity index (χ1v) is 11.8. The van der Waals surface area contributed by atoms with E-state index < -0.39 is 0 Å². The second-order valence-electron chi connectivity index (χ2n) is 8.80. The Balaban J connectivity index is 1.18. The zero-order valence-electron chi connectivity index (χ0n) is 18.9. The maximum Gasteiger partial charge on any atom is 0.193 e. The van der Waals surface area contributed by atoms with E-state index in [4.69, 9.17) is 14.2 Å². The highest BCUT2D eigenvalue weighted by Crippen LogP contribution is 2.24. The molecule has 4 rings (SSSR count). The van der Waals surface area contributed by atoms with Crippen molar-refractivity contribution in [3.8, 4) is 0 Å². The van der Waals surface area contributed by atoms with Crippen LogP contribution in [0.3, 0.4) is 0 Å². The van der Waals surface area contributed by atoms with Crippen LogP contribution < -0.4 is 5.32 Å². The number of hydrogen-bond acceptors (Lipinski definition) is 5. The molecule has 1 aromatic rings. The molecule has 31 heavy (non-hydrogen) atoms. The number of nitrogens with one attached hydrogen (secondary N) is 1. The minimum absolute atomic E-state index is 0.249. The average Bonchev–Trinajstić information content (AvgIpc) is 3.25. The SMILES string of the molecule is CN=C(NCCCOCC1CCOCC1)N1CC2OCCN(Cc3ccccc3)C2C1. The minimum atomic E-state index is 0.249. The van der Waals surface area contributed by atoms with Crippen LogP contribution in [0.4, 0.5) is 0 Å². The van der Waals surface area contributed by atoms with E-state index in [1.165, 1.54) is 5.56 Å². The number of ether oxygens (including phenoxy) is 3. The molecule has 3 fully saturated rings. The van der Waals surface area contributed by atoms with E-state index >= 15 is 0 Å². The molecule has 1 aromatic carbocycles. The first-order valence-electron chi connectivity index (χ1n) is 11.8. The summed E-state index contributed by atoms with van der Waals surface area (Å²) in [5, 5.41) is 3.53. The summed E-state index contributed by atoms with van der Waals surface area (Å²) in [6, 6.07) is 11.1. The van der Waals surface area contributed by atoms with E-state index in [1.807, 2.05) is 7.05 Å². The summed E-state index contributed by atoms with van der Waals surface area (Å²) < 4.78 is 17.4. The van der Waals surface area contributed by atoms with Crippen LogP contribution in [-0.4, -0.2) is 94.2 Å². The van der Waals surface area contributed by atoms with E-state index in [0.717, 1.165) is 91.0 Å². The Morgan fingerprint density at radius 2 is 2.00 bits per heavy atom. The lowest BCUT2D eigenvalue weighted by molar-refractivity contribution is -0.0502. The molecule has 0 spiro atoms. The van der Waals surface area contributed by atoms with Crippen LogP contribution in [0.15, 0.2) is 35.3 Å². The van der Waals surface area contributed by atoms with Crippen molar-refractivity contribution < 1.29 is 14.2 Å². The van der Waals surface area contributed by atoms with Crippen molar-refractivity contribution in [1.29, 1.82) is 0 Å². The van der Waals surface area contributed by atoms with Crippen LogP contribution in [0.2, 0.25) is 0 Å².